The van der Waals surface area contributed by atoms with E-state index in [0.717, 1.165) is 17.7 Å². The van der Waals surface area contributed by atoms with Crippen molar-refractivity contribution in [3.05, 3.63) is 65.7 Å². The van der Waals surface area contributed by atoms with Crippen molar-refractivity contribution in [1.29, 1.82) is 0 Å². The molecule has 0 spiro atoms. The number of rotatable bonds is 2. The maximum absolute atomic E-state index is 12.5. The van der Waals surface area contributed by atoms with Gasteiger partial charge in [0.05, 0.1) is 6.42 Å². The molecule has 2 heteroatoms. The van der Waals surface area contributed by atoms with E-state index in [4.69, 9.17) is 0 Å². The first-order valence-corrected chi connectivity index (χ1v) is 6.69. The van der Waals surface area contributed by atoms with Gasteiger partial charge in [0, 0.05) is 11.7 Å². The largest absolute Gasteiger partial charge is 0.309 e. The molecule has 1 aliphatic rings. The fourth-order valence-corrected chi connectivity index (χ4v) is 2.80. The predicted molar refractivity (Wildman–Crippen MR) is 77.2 cm³/mol. The summed E-state index contributed by atoms with van der Waals surface area (Å²) in [6.45, 7) is 2.11. The van der Waals surface area contributed by atoms with Crippen LogP contribution < -0.4 is 4.90 Å². The lowest BCUT2D eigenvalue weighted by Crippen LogP contribution is -2.36. The van der Waals surface area contributed by atoms with Gasteiger partial charge in [0.2, 0.25) is 5.91 Å². The van der Waals surface area contributed by atoms with Gasteiger partial charge in [0.25, 0.3) is 0 Å². The fourth-order valence-electron chi connectivity index (χ4n) is 2.80. The SMILES string of the molecule is C[C@@H]1Cc2ccccc2N1C(=O)Cc1ccccc1. The molecule has 1 amide bonds. The van der Waals surface area contributed by atoms with Crippen LogP contribution in [0.2, 0.25) is 0 Å². The van der Waals surface area contributed by atoms with Crippen molar-refractivity contribution < 1.29 is 4.79 Å². The minimum absolute atomic E-state index is 0.184. The summed E-state index contributed by atoms with van der Waals surface area (Å²) >= 11 is 0. The molecule has 0 saturated carbocycles. The van der Waals surface area contributed by atoms with E-state index < -0.39 is 0 Å². The van der Waals surface area contributed by atoms with E-state index in [9.17, 15) is 4.79 Å². The number of hydrogen-bond donors (Lipinski definition) is 0. The number of fused-ring (bicyclic) bond motifs is 1. The highest BCUT2D eigenvalue weighted by Crippen LogP contribution is 2.32. The highest BCUT2D eigenvalue weighted by Gasteiger charge is 2.30. The third kappa shape index (κ3) is 2.26. The molecule has 0 saturated heterocycles. The van der Waals surface area contributed by atoms with Gasteiger partial charge in [0.15, 0.2) is 0 Å². The number of benzene rings is 2. The summed E-state index contributed by atoms with van der Waals surface area (Å²) < 4.78 is 0. The molecule has 1 atom stereocenters. The highest BCUT2D eigenvalue weighted by molar-refractivity contribution is 5.97. The molecule has 0 radical (unpaired) electrons. The first kappa shape index (κ1) is 12.0. The minimum Gasteiger partial charge on any atom is -0.309 e. The minimum atomic E-state index is 0.184. The van der Waals surface area contributed by atoms with Gasteiger partial charge in [-0.1, -0.05) is 48.5 Å². The lowest BCUT2D eigenvalue weighted by Gasteiger charge is -2.22. The Morgan fingerprint density at radius 1 is 1.11 bits per heavy atom. The van der Waals surface area contributed by atoms with Crippen molar-refractivity contribution in [2.75, 3.05) is 4.90 Å². The molecule has 1 heterocycles. The van der Waals surface area contributed by atoms with Crippen molar-refractivity contribution in [1.82, 2.24) is 0 Å². The van der Waals surface area contributed by atoms with Crippen LogP contribution in [0.5, 0.6) is 0 Å². The second-order valence-electron chi connectivity index (χ2n) is 5.11. The molecule has 1 aliphatic heterocycles. The summed E-state index contributed by atoms with van der Waals surface area (Å²) in [4.78, 5) is 14.5. The lowest BCUT2D eigenvalue weighted by molar-refractivity contribution is -0.118. The van der Waals surface area contributed by atoms with E-state index in [1.165, 1.54) is 5.56 Å². The van der Waals surface area contributed by atoms with Crippen LogP contribution in [0.15, 0.2) is 54.6 Å². The molecule has 0 aromatic heterocycles. The van der Waals surface area contributed by atoms with Crippen LogP contribution in [0.4, 0.5) is 5.69 Å². The van der Waals surface area contributed by atoms with Crippen molar-refractivity contribution in [3.8, 4) is 0 Å². The number of anilines is 1. The van der Waals surface area contributed by atoms with Crippen LogP contribution in [0.3, 0.4) is 0 Å². The van der Waals surface area contributed by atoms with E-state index in [-0.39, 0.29) is 11.9 Å². The fraction of sp³-hybridized carbons (Fsp3) is 0.235. The van der Waals surface area contributed by atoms with Gasteiger partial charge in [-0.25, -0.2) is 0 Å². The van der Waals surface area contributed by atoms with Gasteiger partial charge in [-0.2, -0.15) is 0 Å². The molecule has 2 nitrogen and oxygen atoms in total. The Labute approximate surface area is 113 Å². The van der Waals surface area contributed by atoms with Crippen molar-refractivity contribution in [2.45, 2.75) is 25.8 Å². The van der Waals surface area contributed by atoms with Crippen molar-refractivity contribution in [3.63, 3.8) is 0 Å². The first-order valence-electron chi connectivity index (χ1n) is 6.69. The van der Waals surface area contributed by atoms with Gasteiger partial charge in [-0.15, -0.1) is 0 Å². The number of nitrogens with zero attached hydrogens (tertiary/aromatic N) is 1. The normalized spacial score (nSPS) is 17.3. The Kier molecular flexibility index (Phi) is 3.08. The van der Waals surface area contributed by atoms with E-state index >= 15 is 0 Å². The Hall–Kier alpha value is -2.09. The average Bonchev–Trinajstić information content (AvgIpc) is 2.75. The molecule has 3 rings (SSSR count). The molecule has 0 bridgehead atoms. The summed E-state index contributed by atoms with van der Waals surface area (Å²) in [5, 5.41) is 0. The zero-order valence-corrected chi connectivity index (χ0v) is 11.0. The van der Waals surface area contributed by atoms with Crippen LogP contribution in [0.1, 0.15) is 18.1 Å². The number of para-hydroxylation sites is 1. The monoisotopic (exact) mass is 251 g/mol. The molecule has 0 unspecified atom stereocenters. The Bertz CT molecular complexity index is 591. The van der Waals surface area contributed by atoms with E-state index in [0.29, 0.717) is 6.42 Å². The van der Waals surface area contributed by atoms with Gasteiger partial charge < -0.3 is 4.90 Å². The lowest BCUT2D eigenvalue weighted by atomic mass is 10.1. The maximum atomic E-state index is 12.5. The molecule has 0 N–H and O–H groups in total. The average molecular weight is 251 g/mol. The molecular formula is C17H17NO. The maximum Gasteiger partial charge on any atom is 0.231 e. The Balaban J connectivity index is 1.84. The molecule has 96 valence electrons. The second-order valence-corrected chi connectivity index (χ2v) is 5.11. The third-order valence-electron chi connectivity index (χ3n) is 3.67. The van der Waals surface area contributed by atoms with Crippen LogP contribution in [-0.2, 0) is 17.6 Å². The molecular weight excluding hydrogens is 234 g/mol. The van der Waals surface area contributed by atoms with Gasteiger partial charge in [-0.05, 0) is 30.5 Å². The highest BCUT2D eigenvalue weighted by atomic mass is 16.2. The number of amides is 1. The third-order valence-corrected chi connectivity index (χ3v) is 3.67. The standard InChI is InChI=1S/C17H17NO/c1-13-11-15-9-5-6-10-16(15)18(13)17(19)12-14-7-3-2-4-8-14/h2-10,13H,11-12H2,1H3/t13-/m1/s1. The molecule has 0 fully saturated rings. The summed E-state index contributed by atoms with van der Waals surface area (Å²) in [7, 11) is 0. The first-order chi connectivity index (χ1) is 9.25. The predicted octanol–water partition coefficient (Wildman–Crippen LogP) is 3.21. The number of carbonyl (C=O) groups is 1. The van der Waals surface area contributed by atoms with Crippen LogP contribution in [-0.4, -0.2) is 11.9 Å². The van der Waals surface area contributed by atoms with E-state index in [1.54, 1.807) is 0 Å². The van der Waals surface area contributed by atoms with Crippen molar-refractivity contribution >= 4 is 11.6 Å². The van der Waals surface area contributed by atoms with Crippen molar-refractivity contribution in [2.24, 2.45) is 0 Å². The second kappa shape index (κ2) is 4.88. The molecule has 2 aromatic carbocycles. The molecule has 2 aromatic rings. The molecule has 0 aliphatic carbocycles. The smallest absolute Gasteiger partial charge is 0.231 e. The summed E-state index contributed by atoms with van der Waals surface area (Å²) in [5.41, 5.74) is 3.43. The Morgan fingerprint density at radius 3 is 2.58 bits per heavy atom. The zero-order chi connectivity index (χ0) is 13.2. The van der Waals surface area contributed by atoms with Crippen LogP contribution in [0, 0.1) is 0 Å². The van der Waals surface area contributed by atoms with Crippen LogP contribution >= 0.6 is 0 Å². The van der Waals surface area contributed by atoms with E-state index in [1.807, 2.05) is 53.4 Å². The van der Waals surface area contributed by atoms with Gasteiger partial charge in [-0.3, -0.25) is 4.79 Å². The topological polar surface area (TPSA) is 20.3 Å². The quantitative estimate of drug-likeness (QED) is 0.802. The molecule has 19 heavy (non-hydrogen) atoms. The summed E-state index contributed by atoms with van der Waals surface area (Å²) in [5.74, 6) is 0.184. The zero-order valence-electron chi connectivity index (χ0n) is 11.0. The summed E-state index contributed by atoms with van der Waals surface area (Å²) in [6, 6.07) is 18.4. The number of hydrogen-bond acceptors (Lipinski definition) is 1. The van der Waals surface area contributed by atoms with Gasteiger partial charge in [0.1, 0.15) is 0 Å². The van der Waals surface area contributed by atoms with E-state index in [2.05, 4.69) is 13.0 Å². The number of carbonyl (C=O) groups excluding carboxylic acids is 1. The van der Waals surface area contributed by atoms with Gasteiger partial charge >= 0.3 is 0 Å². The Morgan fingerprint density at radius 2 is 1.79 bits per heavy atom. The summed E-state index contributed by atoms with van der Waals surface area (Å²) in [6.07, 6.45) is 1.43. The van der Waals surface area contributed by atoms with Crippen LogP contribution in [0.25, 0.3) is 0 Å².